The molecule has 3 N–H and O–H groups in total. The number of hydrogen-bond donors (Lipinski definition) is 2. The van der Waals surface area contributed by atoms with E-state index in [-0.39, 0.29) is 4.90 Å². The van der Waals surface area contributed by atoms with Crippen LogP contribution >= 0.6 is 11.6 Å². The molecular formula is C17H14ClN3O3S. The van der Waals surface area contributed by atoms with Gasteiger partial charge in [-0.15, -0.1) is 0 Å². The van der Waals surface area contributed by atoms with Gasteiger partial charge in [0.15, 0.2) is 0 Å². The first-order valence-corrected chi connectivity index (χ1v) is 9.12. The summed E-state index contributed by atoms with van der Waals surface area (Å²) in [7, 11) is -3.70. The lowest BCUT2D eigenvalue weighted by molar-refractivity contribution is 0.575. The summed E-state index contributed by atoms with van der Waals surface area (Å²) < 4.78 is 28.1. The molecule has 3 rings (SSSR count). The third-order valence-corrected chi connectivity index (χ3v) is 4.47. The highest BCUT2D eigenvalue weighted by Crippen LogP contribution is 2.24. The van der Waals surface area contributed by atoms with Crippen LogP contribution in [-0.4, -0.2) is 14.6 Å². The fourth-order valence-electron chi connectivity index (χ4n) is 2.11. The number of benzene rings is 2. The van der Waals surface area contributed by atoms with Crippen LogP contribution in [0.5, 0.6) is 0 Å². The van der Waals surface area contributed by atoms with E-state index in [1.807, 2.05) is 24.3 Å². The van der Waals surface area contributed by atoms with E-state index < -0.39 is 10.0 Å². The molecule has 0 unspecified atom stereocenters. The Bertz CT molecular complexity index is 1010. The molecule has 0 radical (unpaired) electrons. The highest BCUT2D eigenvalue weighted by molar-refractivity contribution is 7.89. The van der Waals surface area contributed by atoms with Gasteiger partial charge in [-0.3, -0.25) is 5.43 Å². The van der Waals surface area contributed by atoms with Crippen molar-refractivity contribution in [3.8, 4) is 11.3 Å². The lowest BCUT2D eigenvalue weighted by Crippen LogP contribution is -2.11. The number of halogens is 1. The number of primary sulfonamides is 1. The molecular weight excluding hydrogens is 362 g/mol. The second-order valence-corrected chi connectivity index (χ2v) is 7.15. The van der Waals surface area contributed by atoms with Crippen LogP contribution in [-0.2, 0) is 10.0 Å². The van der Waals surface area contributed by atoms with Crippen LogP contribution < -0.4 is 10.6 Å². The van der Waals surface area contributed by atoms with Crippen molar-refractivity contribution in [2.45, 2.75) is 4.90 Å². The van der Waals surface area contributed by atoms with Gasteiger partial charge in [0.05, 0.1) is 16.8 Å². The van der Waals surface area contributed by atoms with Gasteiger partial charge < -0.3 is 4.42 Å². The van der Waals surface area contributed by atoms with Gasteiger partial charge in [-0.2, -0.15) is 5.10 Å². The number of hydrazone groups is 1. The highest BCUT2D eigenvalue weighted by Gasteiger charge is 2.06. The number of furan rings is 1. The van der Waals surface area contributed by atoms with Gasteiger partial charge in [0.1, 0.15) is 11.5 Å². The van der Waals surface area contributed by atoms with Crippen molar-refractivity contribution in [3.05, 3.63) is 71.4 Å². The first-order valence-electron chi connectivity index (χ1n) is 7.19. The molecule has 25 heavy (non-hydrogen) atoms. The van der Waals surface area contributed by atoms with Crippen molar-refractivity contribution in [1.82, 2.24) is 0 Å². The predicted octanol–water partition coefficient (Wildman–Crippen LogP) is 3.69. The zero-order valence-electron chi connectivity index (χ0n) is 12.9. The summed E-state index contributed by atoms with van der Waals surface area (Å²) >= 11 is 5.97. The SMILES string of the molecule is NS(=O)(=O)c1ccc(N/N=C/c2ccc(-c3cccc(Cl)c3)o2)cc1. The minimum atomic E-state index is -3.70. The van der Waals surface area contributed by atoms with Gasteiger partial charge in [-0.25, -0.2) is 13.6 Å². The summed E-state index contributed by atoms with van der Waals surface area (Å²) in [6, 6.07) is 16.9. The van der Waals surface area contributed by atoms with Gasteiger partial charge in [0.2, 0.25) is 10.0 Å². The summed E-state index contributed by atoms with van der Waals surface area (Å²) in [6.45, 7) is 0. The summed E-state index contributed by atoms with van der Waals surface area (Å²) in [5.74, 6) is 1.24. The number of sulfonamides is 1. The van der Waals surface area contributed by atoms with Crippen LogP contribution in [0.1, 0.15) is 5.76 Å². The third kappa shape index (κ3) is 4.48. The Morgan fingerprint density at radius 1 is 1.08 bits per heavy atom. The van der Waals surface area contributed by atoms with E-state index in [0.29, 0.717) is 22.2 Å². The number of rotatable bonds is 5. The second-order valence-electron chi connectivity index (χ2n) is 5.15. The van der Waals surface area contributed by atoms with E-state index in [9.17, 15) is 8.42 Å². The number of nitrogens with one attached hydrogen (secondary N) is 1. The second kappa shape index (κ2) is 7.10. The average molecular weight is 376 g/mol. The molecule has 2 aromatic carbocycles. The summed E-state index contributed by atoms with van der Waals surface area (Å²) in [5, 5.41) is 9.73. The molecule has 128 valence electrons. The van der Waals surface area contributed by atoms with Crippen molar-refractivity contribution in [3.63, 3.8) is 0 Å². The van der Waals surface area contributed by atoms with Crippen molar-refractivity contribution in [2.24, 2.45) is 10.2 Å². The molecule has 3 aromatic rings. The minimum absolute atomic E-state index is 0.0410. The Morgan fingerprint density at radius 3 is 2.52 bits per heavy atom. The van der Waals surface area contributed by atoms with Crippen LogP contribution in [0.4, 0.5) is 5.69 Å². The molecule has 8 heteroatoms. The van der Waals surface area contributed by atoms with Crippen LogP contribution in [0.15, 0.2) is 75.1 Å². The predicted molar refractivity (Wildman–Crippen MR) is 98.2 cm³/mol. The van der Waals surface area contributed by atoms with Gasteiger partial charge >= 0.3 is 0 Å². The normalized spacial score (nSPS) is 11.8. The molecule has 0 saturated heterocycles. The average Bonchev–Trinajstić information content (AvgIpc) is 3.03. The molecule has 0 spiro atoms. The summed E-state index contributed by atoms with van der Waals surface area (Å²) in [5.41, 5.74) is 4.27. The molecule has 0 aliphatic carbocycles. The third-order valence-electron chi connectivity index (χ3n) is 3.30. The number of nitrogens with zero attached hydrogens (tertiary/aromatic N) is 1. The van der Waals surface area contributed by atoms with Crippen LogP contribution in [0.2, 0.25) is 5.02 Å². The molecule has 0 amide bonds. The van der Waals surface area contributed by atoms with E-state index >= 15 is 0 Å². The topological polar surface area (TPSA) is 97.7 Å². The largest absolute Gasteiger partial charge is 0.455 e. The molecule has 0 aliphatic heterocycles. The molecule has 0 aliphatic rings. The van der Waals surface area contributed by atoms with E-state index in [0.717, 1.165) is 5.56 Å². The Balaban J connectivity index is 1.67. The number of hydrogen-bond acceptors (Lipinski definition) is 5. The van der Waals surface area contributed by atoms with Gasteiger partial charge in [-0.1, -0.05) is 23.7 Å². The van der Waals surface area contributed by atoms with Gasteiger partial charge in [0.25, 0.3) is 0 Å². The number of nitrogens with two attached hydrogens (primary N) is 1. The molecule has 0 atom stereocenters. The maximum atomic E-state index is 11.2. The quantitative estimate of drug-likeness (QED) is 0.524. The van der Waals surface area contributed by atoms with Gasteiger partial charge in [-0.05, 0) is 48.5 Å². The summed E-state index contributed by atoms with van der Waals surface area (Å²) in [6.07, 6.45) is 1.52. The maximum absolute atomic E-state index is 11.2. The number of anilines is 1. The Morgan fingerprint density at radius 2 is 1.84 bits per heavy atom. The van der Waals surface area contributed by atoms with E-state index in [1.165, 1.54) is 18.3 Å². The van der Waals surface area contributed by atoms with E-state index in [2.05, 4.69) is 10.5 Å². The lowest BCUT2D eigenvalue weighted by atomic mass is 10.2. The molecule has 0 saturated carbocycles. The molecule has 0 fully saturated rings. The monoisotopic (exact) mass is 375 g/mol. The fourth-order valence-corrected chi connectivity index (χ4v) is 2.81. The van der Waals surface area contributed by atoms with E-state index in [4.69, 9.17) is 21.2 Å². The zero-order valence-corrected chi connectivity index (χ0v) is 14.5. The van der Waals surface area contributed by atoms with Crippen molar-refractivity contribution < 1.29 is 12.8 Å². The Hall–Kier alpha value is -2.61. The standard InChI is InChI=1S/C17H14ClN3O3S/c18-13-3-1-2-12(10-13)17-9-6-15(24-17)11-20-21-14-4-7-16(8-5-14)25(19,22)23/h1-11,21H,(H2,19,22,23)/b20-11+. The highest BCUT2D eigenvalue weighted by atomic mass is 35.5. The molecule has 1 aromatic heterocycles. The maximum Gasteiger partial charge on any atom is 0.238 e. The Labute approximate surface area is 150 Å². The van der Waals surface area contributed by atoms with E-state index in [1.54, 1.807) is 24.3 Å². The minimum Gasteiger partial charge on any atom is -0.455 e. The molecule has 1 heterocycles. The molecule has 0 bridgehead atoms. The van der Waals surface area contributed by atoms with Gasteiger partial charge in [0, 0.05) is 10.6 Å². The van der Waals surface area contributed by atoms with Crippen LogP contribution in [0.25, 0.3) is 11.3 Å². The smallest absolute Gasteiger partial charge is 0.238 e. The van der Waals surface area contributed by atoms with Crippen LogP contribution in [0.3, 0.4) is 0 Å². The summed E-state index contributed by atoms with van der Waals surface area (Å²) in [4.78, 5) is 0.0410. The first-order chi connectivity index (χ1) is 11.9. The van der Waals surface area contributed by atoms with Crippen molar-refractivity contribution in [1.29, 1.82) is 0 Å². The molecule has 6 nitrogen and oxygen atoms in total. The zero-order chi connectivity index (χ0) is 17.9. The Kier molecular flexibility index (Phi) is 4.89. The van der Waals surface area contributed by atoms with Crippen molar-refractivity contribution in [2.75, 3.05) is 5.43 Å². The fraction of sp³-hybridized carbons (Fsp3) is 0. The first kappa shape index (κ1) is 17.2. The van der Waals surface area contributed by atoms with Crippen LogP contribution in [0, 0.1) is 0 Å². The lowest BCUT2D eigenvalue weighted by Gasteiger charge is -2.01. The van der Waals surface area contributed by atoms with Crippen molar-refractivity contribution >= 4 is 33.5 Å².